The van der Waals surface area contributed by atoms with Crippen LogP contribution in [0.3, 0.4) is 0 Å². The molecule has 1 heterocycles. The normalized spacial score (nSPS) is 39.0. The summed E-state index contributed by atoms with van der Waals surface area (Å²) in [4.78, 5) is 7.25. The van der Waals surface area contributed by atoms with Gasteiger partial charge in [0, 0.05) is 13.1 Å². The third-order valence-electron chi connectivity index (χ3n) is 4.50. The number of piperidine rings is 1. The highest BCUT2D eigenvalue weighted by Gasteiger charge is 2.32. The van der Waals surface area contributed by atoms with Gasteiger partial charge in [-0.15, -0.1) is 0 Å². The zero-order chi connectivity index (χ0) is 12.3. The van der Waals surface area contributed by atoms with Crippen LogP contribution in [0.15, 0.2) is 0 Å². The first-order valence-corrected chi connectivity index (χ1v) is 6.91. The molecule has 2 atom stereocenters. The first kappa shape index (κ1) is 13.3. The Morgan fingerprint density at radius 2 is 2.18 bits per heavy atom. The van der Waals surface area contributed by atoms with Crippen molar-refractivity contribution in [1.29, 1.82) is 0 Å². The molecule has 0 spiro atoms. The van der Waals surface area contributed by atoms with Crippen molar-refractivity contribution in [3.05, 3.63) is 0 Å². The molecule has 1 aliphatic carbocycles. The molecule has 0 aromatic rings. The van der Waals surface area contributed by atoms with Gasteiger partial charge in [-0.25, -0.2) is 5.90 Å². The lowest BCUT2D eigenvalue weighted by Crippen LogP contribution is -2.45. The Balaban J connectivity index is 1.67. The van der Waals surface area contributed by atoms with Crippen LogP contribution in [0.1, 0.15) is 32.6 Å². The van der Waals surface area contributed by atoms with Crippen molar-refractivity contribution in [3.8, 4) is 0 Å². The average molecular weight is 242 g/mol. The van der Waals surface area contributed by atoms with Gasteiger partial charge in [0.15, 0.2) is 0 Å². The maximum absolute atomic E-state index is 9.29. The van der Waals surface area contributed by atoms with E-state index in [1.54, 1.807) is 0 Å². The molecule has 2 aliphatic rings. The molecule has 4 heteroatoms. The molecule has 3 N–H and O–H groups in total. The maximum atomic E-state index is 9.29. The van der Waals surface area contributed by atoms with Crippen molar-refractivity contribution in [1.82, 2.24) is 4.90 Å². The fourth-order valence-electron chi connectivity index (χ4n) is 3.31. The second-order valence-corrected chi connectivity index (χ2v) is 5.94. The molecule has 1 saturated heterocycles. The number of aliphatic hydroxyl groups is 1. The first-order chi connectivity index (χ1) is 8.19. The van der Waals surface area contributed by atoms with Crippen LogP contribution in [0.5, 0.6) is 0 Å². The van der Waals surface area contributed by atoms with Gasteiger partial charge in [-0.3, -0.25) is 0 Å². The molecule has 0 aromatic heterocycles. The van der Waals surface area contributed by atoms with Gasteiger partial charge >= 0.3 is 0 Å². The number of aliphatic hydroxyl groups excluding tert-OH is 1. The van der Waals surface area contributed by atoms with Crippen LogP contribution >= 0.6 is 0 Å². The molecule has 1 aliphatic heterocycles. The fourth-order valence-corrected chi connectivity index (χ4v) is 3.31. The second kappa shape index (κ2) is 6.14. The van der Waals surface area contributed by atoms with Gasteiger partial charge in [0.2, 0.25) is 0 Å². The first-order valence-electron chi connectivity index (χ1n) is 6.91. The maximum Gasteiger partial charge on any atom is 0.0682 e. The van der Waals surface area contributed by atoms with E-state index in [2.05, 4.69) is 16.7 Å². The second-order valence-electron chi connectivity index (χ2n) is 5.94. The van der Waals surface area contributed by atoms with Crippen molar-refractivity contribution in [2.45, 2.75) is 38.7 Å². The Morgan fingerprint density at radius 3 is 2.76 bits per heavy atom. The van der Waals surface area contributed by atoms with Gasteiger partial charge in [0.05, 0.1) is 12.7 Å². The molecule has 0 radical (unpaired) electrons. The molecular formula is C13H26N2O2. The van der Waals surface area contributed by atoms with E-state index in [1.165, 1.54) is 26.1 Å². The number of hydrogen-bond acceptors (Lipinski definition) is 4. The predicted molar refractivity (Wildman–Crippen MR) is 67.2 cm³/mol. The monoisotopic (exact) mass is 242 g/mol. The molecule has 0 bridgehead atoms. The molecular weight excluding hydrogens is 216 g/mol. The summed E-state index contributed by atoms with van der Waals surface area (Å²) in [6.45, 7) is 6.60. The minimum absolute atomic E-state index is 0.0170. The van der Waals surface area contributed by atoms with E-state index < -0.39 is 0 Å². The highest BCUT2D eigenvalue weighted by Crippen LogP contribution is 2.31. The van der Waals surface area contributed by atoms with Crippen molar-refractivity contribution in [2.24, 2.45) is 23.7 Å². The molecule has 2 rings (SSSR count). The molecule has 0 unspecified atom stereocenters. The quantitative estimate of drug-likeness (QED) is 0.706. The van der Waals surface area contributed by atoms with Gasteiger partial charge in [0.25, 0.3) is 0 Å². The number of likely N-dealkylation sites (tertiary alicyclic amines) is 1. The molecule has 0 amide bonds. The average Bonchev–Trinajstić information content (AvgIpc) is 2.26. The third-order valence-corrected chi connectivity index (χ3v) is 4.50. The summed E-state index contributed by atoms with van der Waals surface area (Å²) in [5.41, 5.74) is 0. The minimum atomic E-state index is -0.0170. The molecule has 4 nitrogen and oxygen atoms in total. The van der Waals surface area contributed by atoms with Crippen molar-refractivity contribution in [3.63, 3.8) is 0 Å². The highest BCUT2D eigenvalue weighted by molar-refractivity contribution is 4.84. The summed E-state index contributed by atoms with van der Waals surface area (Å²) in [6, 6.07) is 0. The number of hydrogen-bond donors (Lipinski definition) is 2. The van der Waals surface area contributed by atoms with Crippen LogP contribution in [-0.4, -0.2) is 42.4 Å². The van der Waals surface area contributed by atoms with Gasteiger partial charge in [-0.05, 0) is 50.0 Å². The van der Waals surface area contributed by atoms with Crippen LogP contribution in [0.2, 0.25) is 0 Å². The molecule has 0 aromatic carbocycles. The summed E-state index contributed by atoms with van der Waals surface area (Å²) in [6.07, 6.45) is 4.36. The number of nitrogens with zero attached hydrogens (tertiary/aromatic N) is 1. The fraction of sp³-hybridized carbons (Fsp3) is 1.00. The van der Waals surface area contributed by atoms with Crippen LogP contribution in [0.4, 0.5) is 0 Å². The number of nitrogens with two attached hydrogens (primary N) is 1. The molecule has 1 saturated carbocycles. The zero-order valence-corrected chi connectivity index (χ0v) is 10.8. The van der Waals surface area contributed by atoms with Gasteiger partial charge in [0.1, 0.15) is 0 Å². The number of rotatable bonds is 5. The summed E-state index contributed by atoms with van der Waals surface area (Å²) in [5.74, 6) is 7.33. The lowest BCUT2D eigenvalue weighted by atomic mass is 9.80. The van der Waals surface area contributed by atoms with Crippen molar-refractivity contribution in [2.75, 3.05) is 26.2 Å². The Morgan fingerprint density at radius 1 is 1.41 bits per heavy atom. The van der Waals surface area contributed by atoms with Crippen LogP contribution in [-0.2, 0) is 4.84 Å². The van der Waals surface area contributed by atoms with Crippen LogP contribution in [0, 0.1) is 17.8 Å². The largest absolute Gasteiger partial charge is 0.393 e. The molecule has 100 valence electrons. The van der Waals surface area contributed by atoms with E-state index in [4.69, 9.17) is 5.90 Å². The topological polar surface area (TPSA) is 58.7 Å². The van der Waals surface area contributed by atoms with Crippen molar-refractivity contribution < 1.29 is 9.94 Å². The molecule has 17 heavy (non-hydrogen) atoms. The van der Waals surface area contributed by atoms with E-state index in [0.717, 1.165) is 37.0 Å². The summed E-state index contributed by atoms with van der Waals surface area (Å²) >= 11 is 0. The SMILES string of the molecule is C[C@H]1CN(CC2CC(O)C2)CC[C@@H]1CCON. The Hall–Kier alpha value is -0.160. The van der Waals surface area contributed by atoms with E-state index in [0.29, 0.717) is 6.61 Å². The lowest BCUT2D eigenvalue weighted by Gasteiger charge is -2.41. The minimum Gasteiger partial charge on any atom is -0.393 e. The molecule has 2 fully saturated rings. The van der Waals surface area contributed by atoms with Gasteiger partial charge in [-0.1, -0.05) is 6.92 Å². The highest BCUT2D eigenvalue weighted by atomic mass is 16.6. The van der Waals surface area contributed by atoms with E-state index in [9.17, 15) is 5.11 Å². The van der Waals surface area contributed by atoms with Crippen LogP contribution in [0.25, 0.3) is 0 Å². The van der Waals surface area contributed by atoms with Gasteiger partial charge < -0.3 is 14.8 Å². The Kier molecular flexibility index (Phi) is 4.79. The standard InChI is InChI=1S/C13H26N2O2/c1-10-8-15(9-11-6-13(16)7-11)4-2-12(10)3-5-17-14/h10-13,16H,2-9,14H2,1H3/t10-,11?,12+,13?/m0/s1. The summed E-state index contributed by atoms with van der Waals surface area (Å²) in [7, 11) is 0. The van der Waals surface area contributed by atoms with E-state index >= 15 is 0 Å². The smallest absolute Gasteiger partial charge is 0.0682 e. The third kappa shape index (κ3) is 3.65. The Bertz CT molecular complexity index is 231. The van der Waals surface area contributed by atoms with Crippen molar-refractivity contribution >= 4 is 0 Å². The Labute approximate surface area is 104 Å². The van der Waals surface area contributed by atoms with E-state index in [1.807, 2.05) is 0 Å². The summed E-state index contributed by atoms with van der Waals surface area (Å²) in [5, 5.41) is 9.29. The zero-order valence-electron chi connectivity index (χ0n) is 10.8. The van der Waals surface area contributed by atoms with E-state index in [-0.39, 0.29) is 6.10 Å². The lowest BCUT2D eigenvalue weighted by molar-refractivity contribution is 0.00875. The summed E-state index contributed by atoms with van der Waals surface area (Å²) < 4.78 is 0. The predicted octanol–water partition coefficient (Wildman–Crippen LogP) is 0.996. The van der Waals surface area contributed by atoms with Crippen LogP contribution < -0.4 is 5.90 Å². The van der Waals surface area contributed by atoms with Gasteiger partial charge in [-0.2, -0.15) is 0 Å².